The first-order valence-electron chi connectivity index (χ1n) is 10.7. The Balaban J connectivity index is 1.61. The Bertz CT molecular complexity index is 889. The quantitative estimate of drug-likeness (QED) is 0.577. The summed E-state index contributed by atoms with van der Waals surface area (Å²) in [5.74, 6) is 0.943. The van der Waals surface area contributed by atoms with Gasteiger partial charge < -0.3 is 25.0 Å². The summed E-state index contributed by atoms with van der Waals surface area (Å²) in [4.78, 5) is 13.5. The molecule has 0 amide bonds. The number of aliphatic hydroxyl groups is 2. The Morgan fingerprint density at radius 1 is 1.10 bits per heavy atom. The first-order valence-corrected chi connectivity index (χ1v) is 10.7. The van der Waals surface area contributed by atoms with E-state index in [2.05, 4.69) is 25.0 Å². The Hall–Kier alpha value is -2.17. The van der Waals surface area contributed by atoms with Gasteiger partial charge in [-0.15, -0.1) is 0 Å². The van der Waals surface area contributed by atoms with Crippen molar-refractivity contribution in [1.29, 1.82) is 0 Å². The second-order valence-corrected chi connectivity index (χ2v) is 8.48. The third-order valence-corrected chi connectivity index (χ3v) is 5.95. The predicted molar refractivity (Wildman–Crippen MR) is 109 cm³/mol. The van der Waals surface area contributed by atoms with Gasteiger partial charge in [0.25, 0.3) is 0 Å². The molecule has 3 N–H and O–H groups in total. The van der Waals surface area contributed by atoms with Gasteiger partial charge in [-0.25, -0.2) is 15.0 Å². The summed E-state index contributed by atoms with van der Waals surface area (Å²) >= 11 is 0. The highest BCUT2D eigenvalue weighted by Crippen LogP contribution is 2.38. The Morgan fingerprint density at radius 2 is 1.84 bits per heavy atom. The lowest BCUT2D eigenvalue weighted by molar-refractivity contribution is -0.130. The monoisotopic (exact) mass is 438 g/mol. The number of rotatable bonds is 8. The number of anilines is 1. The molecular weight excluding hydrogens is 410 g/mol. The van der Waals surface area contributed by atoms with Gasteiger partial charge in [-0.2, -0.15) is 8.78 Å². The number of hydrogen-bond acceptors (Lipinski definition) is 8. The molecule has 4 rings (SSSR count). The normalized spacial score (nSPS) is 27.2. The third-order valence-electron chi connectivity index (χ3n) is 5.95. The van der Waals surface area contributed by atoms with E-state index < -0.39 is 12.7 Å². The second kappa shape index (κ2) is 9.54. The number of ether oxygens (including phenoxy) is 2. The standard InChI is InChI=1S/C21H28F2N4O4/c1-11(10-30-20(22)23)26-21-25-9-17-18(27-21)16(12-2-4-13(28)5-3-12)8-24-19(17)31-15-6-14(29)7-15/h8-9,11-15,20,28-29H,2-7,10H2,1H3,(H,25,26,27)/t11-,12?,13?,14?,15?/m0/s1. The van der Waals surface area contributed by atoms with Gasteiger partial charge in [-0.05, 0) is 38.5 Å². The number of aromatic nitrogens is 3. The molecule has 0 radical (unpaired) electrons. The highest BCUT2D eigenvalue weighted by Gasteiger charge is 2.31. The number of alkyl halides is 2. The van der Waals surface area contributed by atoms with Gasteiger partial charge in [0.05, 0.1) is 29.7 Å². The molecule has 170 valence electrons. The summed E-state index contributed by atoms with van der Waals surface area (Å²) in [5, 5.41) is 23.1. The molecule has 10 heteroatoms. The topological polar surface area (TPSA) is 110 Å². The summed E-state index contributed by atoms with van der Waals surface area (Å²) in [6.45, 7) is -1.30. The average molecular weight is 438 g/mol. The number of pyridine rings is 1. The largest absolute Gasteiger partial charge is 0.474 e. The summed E-state index contributed by atoms with van der Waals surface area (Å²) < 4.78 is 34.9. The van der Waals surface area contributed by atoms with Crippen molar-refractivity contribution in [3.05, 3.63) is 18.0 Å². The van der Waals surface area contributed by atoms with E-state index >= 15 is 0 Å². The van der Waals surface area contributed by atoms with Crippen molar-refractivity contribution in [2.45, 2.75) is 82.3 Å². The average Bonchev–Trinajstić information content (AvgIpc) is 2.72. The summed E-state index contributed by atoms with van der Waals surface area (Å²) in [6.07, 6.45) is 6.94. The van der Waals surface area contributed by atoms with Crippen LogP contribution in [-0.2, 0) is 4.74 Å². The van der Waals surface area contributed by atoms with Crippen LogP contribution >= 0.6 is 0 Å². The molecule has 31 heavy (non-hydrogen) atoms. The molecule has 0 aromatic carbocycles. The highest BCUT2D eigenvalue weighted by atomic mass is 19.3. The lowest BCUT2D eigenvalue weighted by Crippen LogP contribution is -2.37. The number of nitrogens with zero attached hydrogens (tertiary/aromatic N) is 3. The number of fused-ring (bicyclic) bond motifs is 1. The van der Waals surface area contributed by atoms with Gasteiger partial charge in [0.1, 0.15) is 6.10 Å². The van der Waals surface area contributed by atoms with E-state index in [4.69, 9.17) is 4.74 Å². The van der Waals surface area contributed by atoms with Gasteiger partial charge in [-0.3, -0.25) is 0 Å². The van der Waals surface area contributed by atoms with Crippen LogP contribution in [0.3, 0.4) is 0 Å². The number of aliphatic hydroxyl groups excluding tert-OH is 2. The molecule has 2 fully saturated rings. The van der Waals surface area contributed by atoms with Crippen LogP contribution in [0.2, 0.25) is 0 Å². The lowest BCUT2D eigenvalue weighted by Gasteiger charge is -2.31. The SMILES string of the molecule is C[C@@H](COC(F)F)Nc1ncc2c(OC3CC(O)C3)ncc(C3CCC(O)CC3)c2n1. The van der Waals surface area contributed by atoms with Crippen molar-refractivity contribution < 1.29 is 28.5 Å². The fourth-order valence-electron chi connectivity index (χ4n) is 4.14. The van der Waals surface area contributed by atoms with Gasteiger partial charge >= 0.3 is 6.61 Å². The van der Waals surface area contributed by atoms with Crippen LogP contribution in [0.15, 0.2) is 12.4 Å². The van der Waals surface area contributed by atoms with E-state index in [1.807, 2.05) is 0 Å². The predicted octanol–water partition coefficient (Wildman–Crippen LogP) is 2.99. The molecule has 2 aromatic heterocycles. The molecule has 2 saturated carbocycles. The fourth-order valence-corrected chi connectivity index (χ4v) is 4.14. The van der Waals surface area contributed by atoms with E-state index in [1.54, 1.807) is 19.3 Å². The molecule has 2 aliphatic carbocycles. The maximum Gasteiger partial charge on any atom is 0.345 e. The van der Waals surface area contributed by atoms with E-state index in [0.29, 0.717) is 35.6 Å². The number of halogens is 2. The van der Waals surface area contributed by atoms with Crippen molar-refractivity contribution in [2.75, 3.05) is 11.9 Å². The zero-order valence-electron chi connectivity index (χ0n) is 17.4. The summed E-state index contributed by atoms with van der Waals surface area (Å²) in [7, 11) is 0. The Morgan fingerprint density at radius 3 is 2.52 bits per heavy atom. The zero-order chi connectivity index (χ0) is 22.0. The van der Waals surface area contributed by atoms with Crippen molar-refractivity contribution in [1.82, 2.24) is 15.0 Å². The minimum atomic E-state index is -2.83. The first kappa shape index (κ1) is 22.0. The molecular formula is C21H28F2N4O4. The molecule has 0 saturated heterocycles. The first-order chi connectivity index (χ1) is 14.9. The van der Waals surface area contributed by atoms with Crippen molar-refractivity contribution in [2.24, 2.45) is 0 Å². The van der Waals surface area contributed by atoms with Crippen LogP contribution < -0.4 is 10.1 Å². The summed E-state index contributed by atoms with van der Waals surface area (Å²) in [5.41, 5.74) is 1.66. The Labute approximate surface area is 179 Å². The maximum atomic E-state index is 12.3. The molecule has 2 aromatic rings. The minimum absolute atomic E-state index is 0.0919. The van der Waals surface area contributed by atoms with Crippen LogP contribution in [0.1, 0.15) is 56.9 Å². The van der Waals surface area contributed by atoms with Crippen LogP contribution in [0, 0.1) is 0 Å². The maximum absolute atomic E-state index is 12.3. The van der Waals surface area contributed by atoms with Crippen LogP contribution in [0.25, 0.3) is 10.9 Å². The van der Waals surface area contributed by atoms with Gasteiger partial charge in [0, 0.05) is 36.8 Å². The van der Waals surface area contributed by atoms with Crippen molar-refractivity contribution in [3.8, 4) is 5.88 Å². The molecule has 0 unspecified atom stereocenters. The van der Waals surface area contributed by atoms with E-state index in [-0.39, 0.29) is 30.8 Å². The van der Waals surface area contributed by atoms with E-state index in [9.17, 15) is 19.0 Å². The van der Waals surface area contributed by atoms with Crippen LogP contribution in [-0.4, -0.2) is 62.7 Å². The smallest absolute Gasteiger partial charge is 0.345 e. The van der Waals surface area contributed by atoms with Gasteiger partial charge in [0.2, 0.25) is 11.8 Å². The van der Waals surface area contributed by atoms with Gasteiger partial charge in [-0.1, -0.05) is 0 Å². The molecule has 0 spiro atoms. The second-order valence-electron chi connectivity index (χ2n) is 8.48. The van der Waals surface area contributed by atoms with Crippen molar-refractivity contribution >= 4 is 16.9 Å². The number of nitrogens with one attached hydrogen (secondary N) is 1. The molecule has 0 aliphatic heterocycles. The minimum Gasteiger partial charge on any atom is -0.474 e. The van der Waals surface area contributed by atoms with Gasteiger partial charge in [0.15, 0.2) is 0 Å². The summed E-state index contributed by atoms with van der Waals surface area (Å²) in [6, 6.07) is -0.409. The molecule has 2 heterocycles. The molecule has 0 bridgehead atoms. The molecule has 2 aliphatic rings. The highest BCUT2D eigenvalue weighted by molar-refractivity contribution is 5.86. The molecule has 8 nitrogen and oxygen atoms in total. The van der Waals surface area contributed by atoms with Crippen molar-refractivity contribution in [3.63, 3.8) is 0 Å². The fraction of sp³-hybridized carbons (Fsp3) is 0.667. The van der Waals surface area contributed by atoms with E-state index in [1.165, 1.54) is 0 Å². The zero-order valence-corrected chi connectivity index (χ0v) is 17.4. The number of hydrogen-bond donors (Lipinski definition) is 3. The van der Waals surface area contributed by atoms with Crippen LogP contribution in [0.5, 0.6) is 5.88 Å². The van der Waals surface area contributed by atoms with E-state index in [0.717, 1.165) is 31.2 Å². The van der Waals surface area contributed by atoms with Crippen LogP contribution in [0.4, 0.5) is 14.7 Å². The Kier molecular flexibility index (Phi) is 6.78. The molecule has 1 atom stereocenters. The lowest BCUT2D eigenvalue weighted by atomic mass is 9.83. The third kappa shape index (κ3) is 5.36.